The molecule has 16 heteroatoms. The Morgan fingerprint density at radius 2 is 1.63 bits per heavy atom. The van der Waals surface area contributed by atoms with Gasteiger partial charge in [0.05, 0.1) is 38.9 Å². The molecule has 1 aliphatic heterocycles. The average Bonchev–Trinajstić information content (AvgIpc) is 3.45. The SMILES string of the molecule is CCN1C(=CC=Cc2sc3ccc4ccccc4c3[n+]2CCCS(=O)(=O)O)N(CCCS(=O)(=O)O)c2cc(C(F)(F)F)c(Cl)cc21. The molecule has 1 aromatic heterocycles. The highest BCUT2D eigenvalue weighted by Crippen LogP contribution is 2.47. The molecule has 0 saturated heterocycles. The fourth-order valence-electron chi connectivity index (χ4n) is 5.59. The number of thiazole rings is 1. The molecule has 0 fully saturated rings. The molecule has 1 aliphatic rings. The molecule has 3 aromatic carbocycles. The Labute approximate surface area is 273 Å². The van der Waals surface area contributed by atoms with E-state index in [4.69, 9.17) is 11.6 Å². The van der Waals surface area contributed by atoms with Crippen LogP contribution in [-0.2, 0) is 33.0 Å². The number of aromatic nitrogens is 1. The van der Waals surface area contributed by atoms with Gasteiger partial charge >= 0.3 is 6.18 Å². The minimum Gasteiger partial charge on any atom is -0.326 e. The van der Waals surface area contributed by atoms with Crippen LogP contribution in [0.5, 0.6) is 0 Å². The Balaban J connectivity index is 1.58. The Morgan fingerprint density at radius 1 is 0.957 bits per heavy atom. The standard InChI is InChI=1S/C30H29ClF3N3O6S3/c1-2-35-25-19-23(31)22(30(32,33)34)18-24(25)36(14-6-16-45(38,39)40)27(35)10-5-11-28-37(15-7-17-46(41,42)43)29-21-9-4-3-8-20(21)12-13-26(29)44-28/h3-5,8-13,18-19H,2,6-7,14-17H2,1H3,(H-,38,39,40,41,42,43)/p+1. The van der Waals surface area contributed by atoms with E-state index in [-0.39, 0.29) is 31.6 Å². The van der Waals surface area contributed by atoms with Crippen LogP contribution in [0.2, 0.25) is 5.02 Å². The molecular formula is C30H30ClF3N3O6S3+. The number of benzene rings is 3. The van der Waals surface area contributed by atoms with Gasteiger partial charge in [-0.3, -0.25) is 9.11 Å². The third-order valence-electron chi connectivity index (χ3n) is 7.49. The van der Waals surface area contributed by atoms with Gasteiger partial charge in [0.15, 0.2) is 6.54 Å². The number of allylic oxidation sites excluding steroid dienone is 2. The Kier molecular flexibility index (Phi) is 9.74. The highest BCUT2D eigenvalue weighted by molar-refractivity contribution is 7.86. The van der Waals surface area contributed by atoms with E-state index in [9.17, 15) is 39.1 Å². The molecule has 0 spiro atoms. The lowest BCUT2D eigenvalue weighted by atomic mass is 10.1. The number of fused-ring (bicyclic) bond motifs is 4. The van der Waals surface area contributed by atoms with Crippen molar-refractivity contribution in [2.75, 3.05) is 34.4 Å². The summed E-state index contributed by atoms with van der Waals surface area (Å²) in [7, 11) is -8.47. The molecule has 4 aromatic rings. The maximum absolute atomic E-state index is 13.8. The first-order valence-electron chi connectivity index (χ1n) is 14.2. The lowest BCUT2D eigenvalue weighted by Crippen LogP contribution is -2.36. The summed E-state index contributed by atoms with van der Waals surface area (Å²) in [6, 6.07) is 13.9. The smallest absolute Gasteiger partial charge is 0.326 e. The van der Waals surface area contributed by atoms with Crippen molar-refractivity contribution in [3.8, 4) is 0 Å². The Morgan fingerprint density at radius 3 is 2.30 bits per heavy atom. The van der Waals surface area contributed by atoms with E-state index in [1.54, 1.807) is 28.0 Å². The Bertz CT molecular complexity index is 2080. The first kappa shape index (κ1) is 34.1. The molecule has 2 heterocycles. The molecule has 9 nitrogen and oxygen atoms in total. The zero-order chi connectivity index (χ0) is 33.4. The topological polar surface area (TPSA) is 119 Å². The highest BCUT2D eigenvalue weighted by Gasteiger charge is 2.38. The summed E-state index contributed by atoms with van der Waals surface area (Å²) in [4.78, 5) is 3.33. The first-order chi connectivity index (χ1) is 21.6. The molecule has 0 radical (unpaired) electrons. The van der Waals surface area contributed by atoms with Crippen molar-refractivity contribution < 1.29 is 43.7 Å². The minimum atomic E-state index is -4.72. The number of halogens is 4. The molecule has 0 saturated carbocycles. The quantitative estimate of drug-likeness (QED) is 0.129. The third kappa shape index (κ3) is 7.50. The summed E-state index contributed by atoms with van der Waals surface area (Å²) in [5.74, 6) is -0.517. The molecule has 2 N–H and O–H groups in total. The van der Waals surface area contributed by atoms with Gasteiger partial charge < -0.3 is 9.80 Å². The fourth-order valence-corrected chi connectivity index (χ4v) is 7.96. The lowest BCUT2D eigenvalue weighted by Gasteiger charge is -2.24. The monoisotopic (exact) mass is 716 g/mol. The second-order valence-corrected chi connectivity index (χ2v) is 15.2. The number of hydrogen-bond donors (Lipinski definition) is 2. The molecule has 246 valence electrons. The van der Waals surface area contributed by atoms with Gasteiger partial charge in [0.1, 0.15) is 10.5 Å². The molecule has 46 heavy (non-hydrogen) atoms. The van der Waals surface area contributed by atoms with E-state index in [1.807, 2.05) is 47.9 Å². The van der Waals surface area contributed by atoms with E-state index >= 15 is 0 Å². The largest absolute Gasteiger partial charge is 0.417 e. The van der Waals surface area contributed by atoms with Crippen LogP contribution in [0.25, 0.3) is 27.1 Å². The molecule has 5 rings (SSSR count). The molecule has 0 unspecified atom stereocenters. The molecule has 0 bridgehead atoms. The van der Waals surface area contributed by atoms with Crippen LogP contribution in [0, 0.1) is 0 Å². The van der Waals surface area contributed by atoms with Crippen LogP contribution in [0.15, 0.2) is 66.5 Å². The van der Waals surface area contributed by atoms with Crippen molar-refractivity contribution in [3.63, 3.8) is 0 Å². The number of rotatable bonds is 11. The van der Waals surface area contributed by atoms with Gasteiger partial charge in [0.25, 0.3) is 25.2 Å². The number of aryl methyl sites for hydroxylation is 1. The van der Waals surface area contributed by atoms with E-state index in [0.717, 1.165) is 32.1 Å². The van der Waals surface area contributed by atoms with Crippen molar-refractivity contribution in [1.82, 2.24) is 0 Å². The second-order valence-electron chi connectivity index (χ2n) is 10.6. The molecule has 0 atom stereocenters. The maximum atomic E-state index is 13.8. The van der Waals surface area contributed by atoms with Crippen LogP contribution >= 0.6 is 22.9 Å². The van der Waals surface area contributed by atoms with Gasteiger partial charge in [0, 0.05) is 25.6 Å². The van der Waals surface area contributed by atoms with Crippen molar-refractivity contribution in [2.24, 2.45) is 0 Å². The fraction of sp³-hybridized carbons (Fsp3) is 0.300. The summed E-state index contributed by atoms with van der Waals surface area (Å²) in [6.07, 6.45) is 0.605. The average molecular weight is 717 g/mol. The maximum Gasteiger partial charge on any atom is 0.417 e. The van der Waals surface area contributed by atoms with Gasteiger partial charge in [-0.2, -0.15) is 34.6 Å². The van der Waals surface area contributed by atoms with Gasteiger partial charge in [0.2, 0.25) is 5.52 Å². The highest BCUT2D eigenvalue weighted by atomic mass is 35.5. The van der Waals surface area contributed by atoms with E-state index in [0.29, 0.717) is 18.1 Å². The van der Waals surface area contributed by atoms with Gasteiger partial charge in [-0.25, -0.2) is 0 Å². The number of nitrogens with zero attached hydrogens (tertiary/aromatic N) is 3. The van der Waals surface area contributed by atoms with Crippen LogP contribution in [0.1, 0.15) is 30.3 Å². The number of alkyl halides is 3. The van der Waals surface area contributed by atoms with Crippen LogP contribution in [0.3, 0.4) is 0 Å². The predicted molar refractivity (Wildman–Crippen MR) is 176 cm³/mol. The summed E-state index contributed by atoms with van der Waals surface area (Å²) in [5.41, 5.74) is 0.488. The first-order valence-corrected chi connectivity index (χ1v) is 18.6. The van der Waals surface area contributed by atoms with E-state index < -0.39 is 48.5 Å². The van der Waals surface area contributed by atoms with Crippen LogP contribution < -0.4 is 14.4 Å². The van der Waals surface area contributed by atoms with Crippen LogP contribution in [-0.4, -0.2) is 50.5 Å². The number of hydrogen-bond acceptors (Lipinski definition) is 7. The summed E-state index contributed by atoms with van der Waals surface area (Å²) in [6.45, 7) is 2.45. The van der Waals surface area contributed by atoms with Gasteiger partial charge in [-0.1, -0.05) is 53.3 Å². The van der Waals surface area contributed by atoms with E-state index in [2.05, 4.69) is 0 Å². The summed E-state index contributed by atoms with van der Waals surface area (Å²) >= 11 is 7.53. The van der Waals surface area contributed by atoms with Gasteiger partial charge in [-0.15, -0.1) is 0 Å². The molecule has 0 amide bonds. The molecular weight excluding hydrogens is 687 g/mol. The van der Waals surface area contributed by atoms with Gasteiger partial charge in [-0.05, 0) is 49.1 Å². The summed E-state index contributed by atoms with van der Waals surface area (Å²) < 4.78 is 109. The van der Waals surface area contributed by atoms with Crippen molar-refractivity contribution in [3.05, 3.63) is 82.1 Å². The minimum absolute atomic E-state index is 0.00754. The molecule has 0 aliphatic carbocycles. The zero-order valence-electron chi connectivity index (χ0n) is 24.4. The zero-order valence-corrected chi connectivity index (χ0v) is 27.6. The van der Waals surface area contributed by atoms with E-state index in [1.165, 1.54) is 17.4 Å². The second kappa shape index (κ2) is 13.1. The normalized spacial score (nSPS) is 15.2. The van der Waals surface area contributed by atoms with Crippen molar-refractivity contribution >= 4 is 81.6 Å². The number of anilines is 2. The van der Waals surface area contributed by atoms with Crippen molar-refractivity contribution in [1.29, 1.82) is 0 Å². The van der Waals surface area contributed by atoms with Crippen molar-refractivity contribution in [2.45, 2.75) is 32.5 Å². The summed E-state index contributed by atoms with van der Waals surface area (Å²) in [5, 5.41) is 2.25. The predicted octanol–water partition coefficient (Wildman–Crippen LogP) is 6.77. The lowest BCUT2D eigenvalue weighted by molar-refractivity contribution is -0.667. The third-order valence-corrected chi connectivity index (χ3v) is 10.5. The Hall–Kier alpha value is -3.21. The van der Waals surface area contributed by atoms with Crippen LogP contribution in [0.4, 0.5) is 24.5 Å².